The molecule has 2 heterocycles. The third-order valence-corrected chi connectivity index (χ3v) is 26.3. The zero-order valence-corrected chi connectivity index (χ0v) is 70.8. The molecule has 0 fully saturated rings. The fourth-order valence-corrected chi connectivity index (χ4v) is 20.4. The van der Waals surface area contributed by atoms with Crippen LogP contribution in [0, 0.1) is 0 Å². The first-order valence-corrected chi connectivity index (χ1v) is 44.5. The molecule has 0 spiro atoms. The minimum Gasteiger partial charge on any atom is -0.310 e. The summed E-state index contributed by atoms with van der Waals surface area (Å²) in [7, 11) is 0. The van der Waals surface area contributed by atoms with E-state index < -0.39 is 6.71 Å². The van der Waals surface area contributed by atoms with Crippen LogP contribution >= 0.6 is 0 Å². The normalized spacial score (nSPS) is 12.0. The standard InChI is InChI=1S/C124H83BN4/c1-8-36-84(37-9-1)89-50-30-54-97(74-89)110-66-34-67-111(98-55-31-51-90(75-98)85-38-10-2-11-39-85)123(110)128-116-82-104(126(102-58-18-6-19-59-102)121-106-62-26-22-46-93(106)78-94-47-23-27-63-107(94)121)70-72-114(116)125-115-73-71-105(127(103-60-20-7-21-61-103)122-108-64-28-24-48-95(108)79-96-49-25-29-65-109(96)122)83-117(115)129(119-81-101(80-118(128)120(119)125)88-44-16-5-17-45-88)124-112(99-56-32-52-91(76-99)86-40-12-3-13-41-86)68-35-69-113(124)100-57-33-53-92(77-100)87-42-14-4-15-43-87/h1-83H. The largest absolute Gasteiger partial charge is 0.310 e. The van der Waals surface area contributed by atoms with Crippen molar-refractivity contribution in [1.82, 2.24) is 0 Å². The number of anilines is 12. The maximum atomic E-state index is 2.72. The first-order valence-electron chi connectivity index (χ1n) is 44.5. The molecule has 22 aromatic carbocycles. The van der Waals surface area contributed by atoms with Crippen molar-refractivity contribution in [2.75, 3.05) is 19.6 Å². The van der Waals surface area contributed by atoms with Crippen LogP contribution in [0.1, 0.15) is 0 Å². The van der Waals surface area contributed by atoms with Gasteiger partial charge in [0.2, 0.25) is 0 Å². The van der Waals surface area contributed by atoms with Crippen LogP contribution in [-0.2, 0) is 0 Å². The molecule has 0 aromatic heterocycles. The van der Waals surface area contributed by atoms with Gasteiger partial charge in [-0.3, -0.25) is 0 Å². The molecule has 22 aromatic rings. The van der Waals surface area contributed by atoms with E-state index >= 15 is 0 Å². The Balaban J connectivity index is 0.873. The molecule has 0 saturated carbocycles. The first kappa shape index (κ1) is 75.9. The highest BCUT2D eigenvalue weighted by Crippen LogP contribution is 2.57. The van der Waals surface area contributed by atoms with Crippen LogP contribution in [0.25, 0.3) is 143 Å². The van der Waals surface area contributed by atoms with Gasteiger partial charge in [-0.15, -0.1) is 0 Å². The van der Waals surface area contributed by atoms with Crippen molar-refractivity contribution in [2.24, 2.45) is 0 Å². The summed E-state index contributed by atoms with van der Waals surface area (Å²) in [6.07, 6.45) is 0. The van der Waals surface area contributed by atoms with Crippen molar-refractivity contribution in [3.63, 3.8) is 0 Å². The lowest BCUT2D eigenvalue weighted by molar-refractivity contribution is 1.24. The second kappa shape index (κ2) is 32.4. The quantitative estimate of drug-likeness (QED) is 0.0665. The summed E-state index contributed by atoms with van der Waals surface area (Å²) in [6.45, 7) is -0.399. The highest BCUT2D eigenvalue weighted by atomic mass is 15.2. The minimum absolute atomic E-state index is 0.399. The summed E-state index contributed by atoms with van der Waals surface area (Å²) < 4.78 is 0. The Morgan fingerprint density at radius 1 is 0.163 bits per heavy atom. The number of para-hydroxylation sites is 4. The first-order chi connectivity index (χ1) is 64.0. The predicted molar refractivity (Wildman–Crippen MR) is 549 cm³/mol. The van der Waals surface area contributed by atoms with Crippen molar-refractivity contribution >= 4 is 134 Å². The molecule has 2 aliphatic heterocycles. The van der Waals surface area contributed by atoms with Crippen LogP contribution in [0.15, 0.2) is 504 Å². The fraction of sp³-hybridized carbons (Fsp3) is 0. The van der Waals surface area contributed by atoms with Gasteiger partial charge in [0.15, 0.2) is 0 Å². The number of rotatable bonds is 17. The van der Waals surface area contributed by atoms with Gasteiger partial charge in [0.05, 0.1) is 22.7 Å². The molecule has 0 aliphatic carbocycles. The van der Waals surface area contributed by atoms with E-state index in [-0.39, 0.29) is 0 Å². The molecule has 5 heteroatoms. The van der Waals surface area contributed by atoms with E-state index in [4.69, 9.17) is 0 Å². The highest BCUT2D eigenvalue weighted by molar-refractivity contribution is 7.00. The Hall–Kier alpha value is -16.9. The molecule has 24 rings (SSSR count). The molecule has 602 valence electrons. The average molecular weight is 1640 g/mol. The Morgan fingerprint density at radius 2 is 0.411 bits per heavy atom. The Bertz CT molecular complexity index is 7300. The number of hydrogen-bond donors (Lipinski definition) is 0. The lowest BCUT2D eigenvalue weighted by Crippen LogP contribution is -2.61. The second-order valence-corrected chi connectivity index (χ2v) is 33.8. The van der Waals surface area contributed by atoms with E-state index in [1.165, 1.54) is 5.46 Å². The van der Waals surface area contributed by atoms with E-state index in [0.717, 1.165) is 222 Å². The number of benzene rings is 22. The molecule has 2 aliphatic rings. The molecule has 129 heavy (non-hydrogen) atoms. The van der Waals surface area contributed by atoms with E-state index in [1.807, 2.05) is 0 Å². The van der Waals surface area contributed by atoms with Gasteiger partial charge in [-0.1, -0.05) is 406 Å². The van der Waals surface area contributed by atoms with Gasteiger partial charge in [-0.25, -0.2) is 0 Å². The lowest BCUT2D eigenvalue weighted by atomic mass is 9.33. The molecule has 0 bridgehead atoms. The Labute approximate surface area is 752 Å². The third kappa shape index (κ3) is 13.5. The smallest absolute Gasteiger partial charge is 0.252 e. The van der Waals surface area contributed by atoms with E-state index in [2.05, 4.69) is 523 Å². The SMILES string of the molecule is c1ccc(-c2cccc(-c3cccc(-c4cccc(-c5ccccc5)c4)c3N3c4cc(N(c5ccccc5)c5c6ccccc6cc6ccccc56)ccc4B4c5ccc(N(c6ccccc6)c6c7ccccc7cc7ccccc67)cc5N(c5c(-c6cccc(-c7ccccc7)c6)cccc5-c5cccc(-c6ccccc6)c5)c5cc(-c6ccccc6)cc3c54)c2)cc1. The molecule has 0 atom stereocenters. The highest BCUT2D eigenvalue weighted by Gasteiger charge is 2.46. The van der Waals surface area contributed by atoms with Crippen LogP contribution in [-0.4, -0.2) is 6.71 Å². The summed E-state index contributed by atoms with van der Waals surface area (Å²) in [6, 6.07) is 188. The van der Waals surface area contributed by atoms with E-state index in [9.17, 15) is 0 Å². The number of fused-ring (bicyclic) bond motifs is 8. The summed E-state index contributed by atoms with van der Waals surface area (Å²) in [5.74, 6) is 0. The van der Waals surface area contributed by atoms with Gasteiger partial charge in [0.1, 0.15) is 0 Å². The van der Waals surface area contributed by atoms with E-state index in [0.29, 0.717) is 0 Å². The molecule has 0 saturated heterocycles. The molecular formula is C124H83BN4. The lowest BCUT2D eigenvalue weighted by Gasteiger charge is -2.46. The average Bonchev–Trinajstić information content (AvgIpc) is 0.684. The third-order valence-electron chi connectivity index (χ3n) is 26.3. The monoisotopic (exact) mass is 1640 g/mol. The summed E-state index contributed by atoms with van der Waals surface area (Å²) in [5.41, 5.74) is 36.0. The summed E-state index contributed by atoms with van der Waals surface area (Å²) in [5, 5.41) is 9.25. The zero-order chi connectivity index (χ0) is 85.2. The summed E-state index contributed by atoms with van der Waals surface area (Å²) in [4.78, 5) is 10.5. The van der Waals surface area contributed by atoms with Crippen molar-refractivity contribution in [3.05, 3.63) is 504 Å². The predicted octanol–water partition coefficient (Wildman–Crippen LogP) is 32.3. The molecule has 0 unspecified atom stereocenters. The van der Waals surface area contributed by atoms with Gasteiger partial charge in [0.25, 0.3) is 6.71 Å². The maximum absolute atomic E-state index is 2.72. The topological polar surface area (TPSA) is 13.0 Å². The van der Waals surface area contributed by atoms with Crippen LogP contribution in [0.5, 0.6) is 0 Å². The van der Waals surface area contributed by atoms with Crippen LogP contribution < -0.4 is 36.0 Å². The zero-order valence-electron chi connectivity index (χ0n) is 70.8. The van der Waals surface area contributed by atoms with Crippen molar-refractivity contribution < 1.29 is 0 Å². The summed E-state index contributed by atoms with van der Waals surface area (Å²) >= 11 is 0. The van der Waals surface area contributed by atoms with Crippen molar-refractivity contribution in [3.8, 4) is 100 Å². The van der Waals surface area contributed by atoms with Gasteiger partial charge >= 0.3 is 0 Å². The van der Waals surface area contributed by atoms with Crippen LogP contribution in [0.2, 0.25) is 0 Å². The molecule has 0 radical (unpaired) electrons. The molecular weight excluding hydrogens is 1560 g/mol. The van der Waals surface area contributed by atoms with Crippen LogP contribution in [0.3, 0.4) is 0 Å². The van der Waals surface area contributed by atoms with Gasteiger partial charge in [-0.05, 0) is 213 Å². The molecule has 0 amide bonds. The van der Waals surface area contributed by atoms with Crippen LogP contribution in [0.4, 0.5) is 68.2 Å². The fourth-order valence-electron chi connectivity index (χ4n) is 20.4. The second-order valence-electron chi connectivity index (χ2n) is 33.8. The maximum Gasteiger partial charge on any atom is 0.252 e. The Kier molecular flexibility index (Phi) is 19.0. The number of nitrogens with zero attached hydrogens (tertiary/aromatic N) is 4. The number of hydrogen-bond acceptors (Lipinski definition) is 4. The molecule has 0 N–H and O–H groups in total. The van der Waals surface area contributed by atoms with Gasteiger partial charge < -0.3 is 19.6 Å². The van der Waals surface area contributed by atoms with Crippen molar-refractivity contribution in [1.29, 1.82) is 0 Å². The van der Waals surface area contributed by atoms with E-state index in [1.54, 1.807) is 0 Å². The minimum atomic E-state index is -0.399. The van der Waals surface area contributed by atoms with Gasteiger partial charge in [-0.2, -0.15) is 0 Å². The Morgan fingerprint density at radius 3 is 0.713 bits per heavy atom. The van der Waals surface area contributed by atoms with Gasteiger partial charge in [0, 0.05) is 89.3 Å². The van der Waals surface area contributed by atoms with Crippen molar-refractivity contribution in [2.45, 2.75) is 0 Å². The molecule has 4 nitrogen and oxygen atoms in total.